The third-order valence-corrected chi connectivity index (χ3v) is 3.73. The minimum atomic E-state index is 0.440. The van der Waals surface area contributed by atoms with E-state index in [9.17, 15) is 0 Å². The molecule has 0 aliphatic rings. The molecule has 0 bridgehead atoms. The summed E-state index contributed by atoms with van der Waals surface area (Å²) in [4.78, 5) is 0. The number of hydrogen-bond acceptors (Lipinski definition) is 5. The summed E-state index contributed by atoms with van der Waals surface area (Å²) in [5, 5.41) is 13.2. The smallest absolute Gasteiger partial charge is 0.210 e. The molecular weight excluding hydrogens is 244 g/mol. The van der Waals surface area contributed by atoms with Crippen molar-refractivity contribution in [3.8, 4) is 0 Å². The Kier molecular flexibility index (Phi) is 4.28. The number of aromatic nitrogens is 2. The SMILES string of the molecule is CCc1cccc(CC)c1Nc1nnc(CN)s1. The van der Waals surface area contributed by atoms with Crippen molar-refractivity contribution in [3.05, 3.63) is 34.3 Å². The molecule has 0 fully saturated rings. The highest BCUT2D eigenvalue weighted by Gasteiger charge is 2.09. The van der Waals surface area contributed by atoms with Crippen LogP contribution in [0, 0.1) is 0 Å². The summed E-state index contributed by atoms with van der Waals surface area (Å²) in [6.45, 7) is 4.76. The molecule has 3 N–H and O–H groups in total. The highest BCUT2D eigenvalue weighted by Crippen LogP contribution is 2.27. The summed E-state index contributed by atoms with van der Waals surface area (Å²) >= 11 is 1.51. The molecule has 0 aliphatic heterocycles. The molecule has 0 unspecified atom stereocenters. The molecule has 0 aliphatic carbocycles. The quantitative estimate of drug-likeness (QED) is 0.869. The fourth-order valence-electron chi connectivity index (χ4n) is 1.90. The average Bonchev–Trinajstić information content (AvgIpc) is 2.86. The first-order valence-electron chi connectivity index (χ1n) is 6.18. The van der Waals surface area contributed by atoms with Gasteiger partial charge in [-0.1, -0.05) is 43.4 Å². The molecule has 0 spiro atoms. The number of rotatable bonds is 5. The van der Waals surface area contributed by atoms with Crippen molar-refractivity contribution in [2.24, 2.45) is 5.73 Å². The van der Waals surface area contributed by atoms with Crippen LogP contribution in [0.4, 0.5) is 10.8 Å². The van der Waals surface area contributed by atoms with E-state index in [1.165, 1.54) is 28.2 Å². The van der Waals surface area contributed by atoms with Gasteiger partial charge in [0.25, 0.3) is 0 Å². The molecule has 96 valence electrons. The molecule has 1 heterocycles. The Balaban J connectivity index is 2.31. The number of aryl methyl sites for hydroxylation is 2. The maximum atomic E-state index is 5.55. The molecule has 4 nitrogen and oxygen atoms in total. The van der Waals surface area contributed by atoms with Crippen LogP contribution in [0.25, 0.3) is 0 Å². The highest BCUT2D eigenvalue weighted by molar-refractivity contribution is 7.15. The second kappa shape index (κ2) is 5.93. The Hall–Kier alpha value is -1.46. The lowest BCUT2D eigenvalue weighted by Gasteiger charge is -2.13. The third-order valence-electron chi connectivity index (χ3n) is 2.87. The second-order valence-electron chi connectivity index (χ2n) is 3.99. The maximum Gasteiger partial charge on any atom is 0.210 e. The van der Waals surface area contributed by atoms with E-state index < -0.39 is 0 Å². The number of hydrogen-bond donors (Lipinski definition) is 2. The number of para-hydroxylation sites is 1. The van der Waals surface area contributed by atoms with Crippen molar-refractivity contribution < 1.29 is 0 Å². The van der Waals surface area contributed by atoms with Crippen LogP contribution >= 0.6 is 11.3 Å². The largest absolute Gasteiger partial charge is 0.330 e. The molecule has 1 aromatic heterocycles. The summed E-state index contributed by atoms with van der Waals surface area (Å²) in [7, 11) is 0. The van der Waals surface area contributed by atoms with Gasteiger partial charge in [0.15, 0.2) is 0 Å². The van der Waals surface area contributed by atoms with Gasteiger partial charge in [-0.2, -0.15) is 0 Å². The van der Waals surface area contributed by atoms with Gasteiger partial charge in [-0.05, 0) is 24.0 Å². The number of nitrogens with zero attached hydrogens (tertiary/aromatic N) is 2. The van der Waals surface area contributed by atoms with Crippen molar-refractivity contribution in [1.29, 1.82) is 0 Å². The molecule has 2 rings (SSSR count). The molecule has 0 saturated heterocycles. The van der Waals surface area contributed by atoms with E-state index >= 15 is 0 Å². The summed E-state index contributed by atoms with van der Waals surface area (Å²) in [5.74, 6) is 0. The minimum Gasteiger partial charge on any atom is -0.330 e. The van der Waals surface area contributed by atoms with E-state index in [0.29, 0.717) is 6.54 Å². The molecule has 0 atom stereocenters. The first-order valence-corrected chi connectivity index (χ1v) is 7.00. The van der Waals surface area contributed by atoms with Gasteiger partial charge in [-0.3, -0.25) is 0 Å². The summed E-state index contributed by atoms with van der Waals surface area (Å²) in [6, 6.07) is 6.40. The van der Waals surface area contributed by atoms with Gasteiger partial charge in [0.1, 0.15) is 5.01 Å². The van der Waals surface area contributed by atoms with E-state index in [2.05, 4.69) is 47.6 Å². The van der Waals surface area contributed by atoms with Crippen LogP contribution in [-0.2, 0) is 19.4 Å². The van der Waals surface area contributed by atoms with Crippen molar-refractivity contribution in [2.75, 3.05) is 5.32 Å². The van der Waals surface area contributed by atoms with Gasteiger partial charge in [0.2, 0.25) is 5.13 Å². The van der Waals surface area contributed by atoms with E-state index in [-0.39, 0.29) is 0 Å². The topological polar surface area (TPSA) is 63.8 Å². The Morgan fingerprint density at radius 1 is 1.17 bits per heavy atom. The first-order chi connectivity index (χ1) is 8.78. The van der Waals surface area contributed by atoms with E-state index in [1.807, 2.05) is 0 Å². The molecule has 18 heavy (non-hydrogen) atoms. The number of anilines is 2. The summed E-state index contributed by atoms with van der Waals surface area (Å²) in [5.41, 5.74) is 9.33. The standard InChI is InChI=1S/C13H18N4S/c1-3-9-6-5-7-10(4-2)12(9)15-13-17-16-11(8-14)18-13/h5-7H,3-4,8,14H2,1-2H3,(H,15,17). The molecule has 2 aromatic rings. The van der Waals surface area contributed by atoms with Gasteiger partial charge in [-0.15, -0.1) is 10.2 Å². The zero-order chi connectivity index (χ0) is 13.0. The average molecular weight is 262 g/mol. The zero-order valence-electron chi connectivity index (χ0n) is 10.7. The van der Waals surface area contributed by atoms with Crippen LogP contribution < -0.4 is 11.1 Å². The number of nitrogens with two attached hydrogens (primary N) is 1. The number of nitrogens with one attached hydrogen (secondary N) is 1. The second-order valence-corrected chi connectivity index (χ2v) is 5.05. The Morgan fingerprint density at radius 3 is 2.33 bits per heavy atom. The van der Waals surface area contributed by atoms with E-state index in [1.54, 1.807) is 0 Å². The zero-order valence-corrected chi connectivity index (χ0v) is 11.5. The van der Waals surface area contributed by atoms with Crippen LogP contribution in [0.3, 0.4) is 0 Å². The van der Waals surface area contributed by atoms with Crippen LogP contribution in [0.15, 0.2) is 18.2 Å². The van der Waals surface area contributed by atoms with Crippen LogP contribution in [-0.4, -0.2) is 10.2 Å². The Labute approximate surface area is 111 Å². The summed E-state index contributed by atoms with van der Waals surface area (Å²) in [6.07, 6.45) is 2.00. The minimum absolute atomic E-state index is 0.440. The fraction of sp³-hybridized carbons (Fsp3) is 0.385. The monoisotopic (exact) mass is 262 g/mol. The Morgan fingerprint density at radius 2 is 1.83 bits per heavy atom. The molecule has 0 saturated carbocycles. The van der Waals surface area contributed by atoms with Gasteiger partial charge in [0.05, 0.1) is 0 Å². The first kappa shape index (κ1) is 13.0. The predicted octanol–water partition coefficient (Wildman–Crippen LogP) is 2.87. The van der Waals surface area contributed by atoms with Crippen molar-refractivity contribution >= 4 is 22.2 Å². The molecule has 5 heteroatoms. The van der Waals surface area contributed by atoms with Gasteiger partial charge in [0, 0.05) is 12.2 Å². The molecule has 1 aromatic carbocycles. The third kappa shape index (κ3) is 2.68. The fourth-order valence-corrected chi connectivity index (χ4v) is 2.52. The van der Waals surface area contributed by atoms with Crippen LogP contribution in [0.2, 0.25) is 0 Å². The predicted molar refractivity (Wildman–Crippen MR) is 76.3 cm³/mol. The lowest BCUT2D eigenvalue weighted by Crippen LogP contribution is -1.99. The number of benzene rings is 1. The van der Waals surface area contributed by atoms with Crippen molar-refractivity contribution in [2.45, 2.75) is 33.2 Å². The molecular formula is C13H18N4S. The van der Waals surface area contributed by atoms with Crippen LogP contribution in [0.5, 0.6) is 0 Å². The van der Waals surface area contributed by atoms with Crippen LogP contribution in [0.1, 0.15) is 30.0 Å². The Bertz CT molecular complexity index is 499. The van der Waals surface area contributed by atoms with E-state index in [4.69, 9.17) is 5.73 Å². The maximum absolute atomic E-state index is 5.55. The normalized spacial score (nSPS) is 10.6. The molecule has 0 radical (unpaired) electrons. The summed E-state index contributed by atoms with van der Waals surface area (Å²) < 4.78 is 0. The lowest BCUT2D eigenvalue weighted by atomic mass is 10.0. The van der Waals surface area contributed by atoms with E-state index in [0.717, 1.165) is 23.0 Å². The van der Waals surface area contributed by atoms with Crippen molar-refractivity contribution in [3.63, 3.8) is 0 Å². The van der Waals surface area contributed by atoms with Gasteiger partial charge in [-0.25, -0.2) is 0 Å². The van der Waals surface area contributed by atoms with Crippen molar-refractivity contribution in [1.82, 2.24) is 10.2 Å². The highest BCUT2D eigenvalue weighted by atomic mass is 32.1. The van der Waals surface area contributed by atoms with Gasteiger partial charge < -0.3 is 11.1 Å². The molecule has 0 amide bonds. The van der Waals surface area contributed by atoms with Gasteiger partial charge >= 0.3 is 0 Å². The lowest BCUT2D eigenvalue weighted by molar-refractivity contribution is 0.959.